The maximum absolute atomic E-state index is 14.6. The maximum atomic E-state index is 14.6. The summed E-state index contributed by atoms with van der Waals surface area (Å²) >= 11 is 0. The van der Waals surface area contributed by atoms with Gasteiger partial charge in [0.05, 0.1) is 11.3 Å². The van der Waals surface area contributed by atoms with E-state index in [0.717, 1.165) is 12.8 Å². The SMILES string of the molecule is COC(C)(C)CCNC(=O)Nc1cc(/C(N)=C/C(=C\N)c2ccnc(NC(=O)C3CC3)c2)c(C)cc1F. The Balaban J connectivity index is 1.76. The Morgan fingerprint density at radius 2 is 1.97 bits per heavy atom. The molecule has 1 saturated carbocycles. The summed E-state index contributed by atoms with van der Waals surface area (Å²) in [6.45, 7) is 5.90. The molecule has 0 radical (unpaired) electrons. The van der Waals surface area contributed by atoms with E-state index < -0.39 is 11.8 Å². The fourth-order valence-electron chi connectivity index (χ4n) is 3.55. The van der Waals surface area contributed by atoms with Gasteiger partial charge < -0.3 is 32.2 Å². The number of rotatable bonds is 10. The second-order valence-electron chi connectivity index (χ2n) is 9.66. The number of hydrogen-bond acceptors (Lipinski definition) is 6. The van der Waals surface area contributed by atoms with Crippen LogP contribution in [0.15, 0.2) is 42.7 Å². The highest BCUT2D eigenvalue weighted by Gasteiger charge is 2.29. The van der Waals surface area contributed by atoms with Crippen molar-refractivity contribution in [2.24, 2.45) is 17.4 Å². The molecule has 0 spiro atoms. The summed E-state index contributed by atoms with van der Waals surface area (Å²) in [6, 6.07) is 5.71. The van der Waals surface area contributed by atoms with Gasteiger partial charge in [-0.2, -0.15) is 0 Å². The number of benzene rings is 1. The third-order valence-electron chi connectivity index (χ3n) is 6.22. The Morgan fingerprint density at radius 1 is 1.24 bits per heavy atom. The molecule has 0 bridgehead atoms. The summed E-state index contributed by atoms with van der Waals surface area (Å²) in [7, 11) is 1.60. The van der Waals surface area contributed by atoms with E-state index in [0.29, 0.717) is 46.7 Å². The van der Waals surface area contributed by atoms with Crippen LogP contribution in [0.3, 0.4) is 0 Å². The summed E-state index contributed by atoms with van der Waals surface area (Å²) in [4.78, 5) is 28.6. The summed E-state index contributed by atoms with van der Waals surface area (Å²) < 4.78 is 20.0. The van der Waals surface area contributed by atoms with E-state index in [1.54, 1.807) is 38.4 Å². The van der Waals surface area contributed by atoms with Crippen molar-refractivity contribution in [1.82, 2.24) is 10.3 Å². The number of aromatic nitrogens is 1. The zero-order chi connectivity index (χ0) is 27.2. The second-order valence-corrected chi connectivity index (χ2v) is 9.66. The first kappa shape index (κ1) is 27.7. The van der Waals surface area contributed by atoms with E-state index in [-0.39, 0.29) is 23.1 Å². The van der Waals surface area contributed by atoms with Gasteiger partial charge in [0.15, 0.2) is 0 Å². The molecule has 198 valence electrons. The molecule has 9 nitrogen and oxygen atoms in total. The normalized spacial score (nSPS) is 14.3. The van der Waals surface area contributed by atoms with Crippen LogP contribution < -0.4 is 27.4 Å². The highest BCUT2D eigenvalue weighted by Crippen LogP contribution is 2.30. The summed E-state index contributed by atoms with van der Waals surface area (Å²) in [6.07, 6.45) is 6.98. The average molecular weight is 511 g/mol. The van der Waals surface area contributed by atoms with Crippen molar-refractivity contribution in [2.75, 3.05) is 24.3 Å². The van der Waals surface area contributed by atoms with Crippen molar-refractivity contribution < 1.29 is 18.7 Å². The number of pyridine rings is 1. The molecule has 1 heterocycles. The van der Waals surface area contributed by atoms with Crippen LogP contribution in [0.5, 0.6) is 0 Å². The van der Waals surface area contributed by atoms with Gasteiger partial charge in [-0.3, -0.25) is 4.79 Å². The minimum absolute atomic E-state index is 0.00674. The van der Waals surface area contributed by atoms with E-state index in [4.69, 9.17) is 16.2 Å². The van der Waals surface area contributed by atoms with Crippen molar-refractivity contribution in [1.29, 1.82) is 0 Å². The lowest BCUT2D eigenvalue weighted by Gasteiger charge is -2.22. The molecule has 1 aliphatic rings. The highest BCUT2D eigenvalue weighted by molar-refractivity contribution is 5.94. The van der Waals surface area contributed by atoms with Crippen molar-refractivity contribution in [3.63, 3.8) is 0 Å². The lowest BCUT2D eigenvalue weighted by Crippen LogP contribution is -2.34. The molecule has 1 aromatic heterocycles. The van der Waals surface area contributed by atoms with Crippen LogP contribution in [0, 0.1) is 18.7 Å². The van der Waals surface area contributed by atoms with Gasteiger partial charge >= 0.3 is 6.03 Å². The van der Waals surface area contributed by atoms with Crippen molar-refractivity contribution >= 4 is 34.7 Å². The minimum atomic E-state index is -0.582. The van der Waals surface area contributed by atoms with Crippen molar-refractivity contribution in [3.8, 4) is 0 Å². The molecule has 3 amide bonds. The number of aryl methyl sites for hydroxylation is 1. The lowest BCUT2D eigenvalue weighted by molar-refractivity contribution is -0.117. The largest absolute Gasteiger partial charge is 0.404 e. The molecule has 1 fully saturated rings. The molecule has 1 aromatic carbocycles. The number of methoxy groups -OCH3 is 1. The van der Waals surface area contributed by atoms with E-state index in [1.165, 1.54) is 18.3 Å². The molecule has 7 N–H and O–H groups in total. The van der Waals surface area contributed by atoms with Gasteiger partial charge in [-0.25, -0.2) is 14.2 Å². The van der Waals surface area contributed by atoms with Crippen LogP contribution in [0.25, 0.3) is 11.3 Å². The van der Waals surface area contributed by atoms with E-state index in [9.17, 15) is 14.0 Å². The van der Waals surface area contributed by atoms with Gasteiger partial charge in [0, 0.05) is 43.2 Å². The Morgan fingerprint density at radius 3 is 2.62 bits per heavy atom. The standard InChI is InChI=1S/C27H35FN6O3/c1-16-11-21(28)23(33-26(36)32-10-8-27(2,3)37-4)14-20(16)22(30)12-19(15-29)18-7-9-31-24(13-18)34-25(35)17-5-6-17/h7,9,11-15,17H,5-6,8,10,29-30H2,1-4H3,(H,31,34,35)(H2,32,33,36)/b19-15+,22-12-. The van der Waals surface area contributed by atoms with E-state index in [1.807, 2.05) is 13.8 Å². The fourth-order valence-corrected chi connectivity index (χ4v) is 3.55. The van der Waals surface area contributed by atoms with Crippen LogP contribution in [-0.2, 0) is 9.53 Å². The number of nitrogens with zero attached hydrogens (tertiary/aromatic N) is 1. The lowest BCUT2D eigenvalue weighted by atomic mass is 10.0. The average Bonchev–Trinajstić information content (AvgIpc) is 3.70. The Bertz CT molecular complexity index is 1220. The molecular weight excluding hydrogens is 475 g/mol. The number of nitrogens with one attached hydrogen (secondary N) is 3. The summed E-state index contributed by atoms with van der Waals surface area (Å²) in [5, 5.41) is 8.05. The number of nitrogens with two attached hydrogens (primary N) is 2. The van der Waals surface area contributed by atoms with Crippen LogP contribution in [0.2, 0.25) is 0 Å². The van der Waals surface area contributed by atoms with Crippen LogP contribution >= 0.6 is 0 Å². The van der Waals surface area contributed by atoms with Crippen molar-refractivity contribution in [3.05, 3.63) is 65.2 Å². The molecule has 3 rings (SSSR count). The highest BCUT2D eigenvalue weighted by atomic mass is 19.1. The molecule has 10 heteroatoms. The van der Waals surface area contributed by atoms with Gasteiger partial charge in [0.25, 0.3) is 0 Å². The van der Waals surface area contributed by atoms with Gasteiger partial charge in [0.2, 0.25) is 5.91 Å². The number of halogens is 1. The topological polar surface area (TPSA) is 144 Å². The summed E-state index contributed by atoms with van der Waals surface area (Å²) in [5.41, 5.74) is 14.6. The van der Waals surface area contributed by atoms with Gasteiger partial charge in [-0.1, -0.05) is 0 Å². The molecule has 0 saturated heterocycles. The third kappa shape index (κ3) is 7.78. The fraction of sp³-hybridized carbons (Fsp3) is 0.370. The number of carbonyl (C=O) groups excluding carboxylic acids is 2. The number of carbonyl (C=O) groups is 2. The van der Waals surface area contributed by atoms with E-state index >= 15 is 0 Å². The smallest absolute Gasteiger partial charge is 0.319 e. The molecular formula is C27H35FN6O3. The predicted molar refractivity (Wildman–Crippen MR) is 144 cm³/mol. The molecule has 0 atom stereocenters. The monoisotopic (exact) mass is 510 g/mol. The van der Waals surface area contributed by atoms with Crippen LogP contribution in [0.1, 0.15) is 49.8 Å². The predicted octanol–water partition coefficient (Wildman–Crippen LogP) is 4.11. The van der Waals surface area contributed by atoms with Crippen molar-refractivity contribution in [2.45, 2.75) is 45.6 Å². The van der Waals surface area contributed by atoms with Crippen LogP contribution in [0.4, 0.5) is 20.7 Å². The quantitative estimate of drug-likeness (QED) is 0.304. The molecule has 0 aliphatic heterocycles. The van der Waals surface area contributed by atoms with Gasteiger partial charge in [0.1, 0.15) is 11.6 Å². The first-order chi connectivity index (χ1) is 17.5. The second kappa shape index (κ2) is 11.9. The minimum Gasteiger partial charge on any atom is -0.404 e. The molecule has 0 unspecified atom stereocenters. The zero-order valence-electron chi connectivity index (χ0n) is 21.7. The number of ether oxygens (including phenoxy) is 1. The number of amides is 3. The van der Waals surface area contributed by atoms with Gasteiger partial charge in [-0.15, -0.1) is 0 Å². The summed E-state index contributed by atoms with van der Waals surface area (Å²) in [5.74, 6) is -0.160. The van der Waals surface area contributed by atoms with E-state index in [2.05, 4.69) is 20.9 Å². The number of hydrogen-bond donors (Lipinski definition) is 5. The Kier molecular flexibility index (Phi) is 8.88. The number of urea groups is 1. The first-order valence-electron chi connectivity index (χ1n) is 12.1. The third-order valence-corrected chi connectivity index (χ3v) is 6.22. The Labute approximate surface area is 216 Å². The maximum Gasteiger partial charge on any atom is 0.319 e. The molecule has 1 aliphatic carbocycles. The van der Waals surface area contributed by atoms with Gasteiger partial charge in [-0.05, 0) is 87.1 Å². The Hall–Kier alpha value is -3.92. The number of allylic oxidation sites excluding steroid dienone is 2. The first-order valence-corrected chi connectivity index (χ1v) is 12.1. The number of anilines is 2. The molecule has 37 heavy (non-hydrogen) atoms. The zero-order valence-corrected chi connectivity index (χ0v) is 21.7. The molecule has 2 aromatic rings. The van der Waals surface area contributed by atoms with Crippen LogP contribution in [-0.4, -0.2) is 36.2 Å².